The van der Waals surface area contributed by atoms with Crippen LogP contribution in [0, 0.1) is 0 Å². The molecule has 0 aliphatic carbocycles. The Morgan fingerprint density at radius 3 is 3.09 bits per heavy atom. The van der Waals surface area contributed by atoms with Crippen molar-refractivity contribution in [3.63, 3.8) is 0 Å². The molecule has 1 aliphatic heterocycles. The molecule has 0 saturated carbocycles. The highest BCUT2D eigenvalue weighted by Gasteiger charge is 2.26. The summed E-state index contributed by atoms with van der Waals surface area (Å²) in [7, 11) is 1.56. The molecule has 2 aromatic rings. The van der Waals surface area contributed by atoms with Crippen molar-refractivity contribution in [2.75, 3.05) is 18.2 Å². The molecule has 0 unspecified atom stereocenters. The van der Waals surface area contributed by atoms with Gasteiger partial charge in [-0.2, -0.15) is 0 Å². The van der Waals surface area contributed by atoms with Crippen LogP contribution in [0.2, 0.25) is 0 Å². The third kappa shape index (κ3) is 2.85. The third-order valence-corrected chi connectivity index (χ3v) is 4.53. The number of aromatic nitrogens is 2. The van der Waals surface area contributed by atoms with Crippen molar-refractivity contribution in [3.8, 4) is 5.75 Å². The molecule has 0 saturated heterocycles. The lowest BCUT2D eigenvalue weighted by atomic mass is 10.2. The molecule has 1 amide bonds. The minimum atomic E-state index is -0.170. The number of fused-ring (bicyclic) bond motifs is 1. The molecule has 7 heteroatoms. The Morgan fingerprint density at radius 2 is 2.27 bits per heavy atom. The second kappa shape index (κ2) is 6.23. The van der Waals surface area contributed by atoms with Crippen LogP contribution in [0.5, 0.6) is 5.75 Å². The van der Waals surface area contributed by atoms with Gasteiger partial charge in [-0.1, -0.05) is 23.9 Å². The highest BCUT2D eigenvalue weighted by molar-refractivity contribution is 7.99. The van der Waals surface area contributed by atoms with Crippen LogP contribution in [-0.4, -0.2) is 28.3 Å². The minimum absolute atomic E-state index is 0.120. The van der Waals surface area contributed by atoms with Crippen molar-refractivity contribution < 1.29 is 9.53 Å². The number of thioether (sulfide) groups is 1. The Morgan fingerprint density at radius 1 is 1.45 bits per heavy atom. The van der Waals surface area contributed by atoms with Crippen LogP contribution in [0.4, 0.5) is 5.69 Å². The molecule has 0 fully saturated rings. The van der Waals surface area contributed by atoms with Crippen LogP contribution >= 0.6 is 11.8 Å². The predicted molar refractivity (Wildman–Crippen MR) is 84.5 cm³/mol. The molecule has 1 aliphatic rings. The standard InChI is InChI=1S/C15H15N3O3S/c1-21-12-5-3-2-4-11(12)17-13(19)8-10-9-22-15-16-7-6-14(20)18(10)15/h2-7,10H,8-9H2,1H3,(H,17,19)/t10-/m1/s1. The van der Waals surface area contributed by atoms with E-state index in [-0.39, 0.29) is 23.9 Å². The quantitative estimate of drug-likeness (QED) is 0.872. The minimum Gasteiger partial charge on any atom is -0.495 e. The lowest BCUT2D eigenvalue weighted by Gasteiger charge is -2.14. The average Bonchev–Trinajstić information content (AvgIpc) is 2.92. The fraction of sp³-hybridized carbons (Fsp3) is 0.267. The van der Waals surface area contributed by atoms with E-state index in [1.54, 1.807) is 23.8 Å². The number of ether oxygens (including phenoxy) is 1. The summed E-state index contributed by atoms with van der Waals surface area (Å²) in [5.74, 6) is 1.13. The monoisotopic (exact) mass is 317 g/mol. The van der Waals surface area contributed by atoms with Crippen molar-refractivity contribution in [2.45, 2.75) is 17.6 Å². The molecule has 3 rings (SSSR count). The predicted octanol–water partition coefficient (Wildman–Crippen LogP) is 1.93. The van der Waals surface area contributed by atoms with E-state index in [9.17, 15) is 9.59 Å². The molecule has 1 aromatic carbocycles. The lowest BCUT2D eigenvalue weighted by molar-refractivity contribution is -0.116. The van der Waals surface area contributed by atoms with Crippen molar-refractivity contribution in [3.05, 3.63) is 46.9 Å². The van der Waals surface area contributed by atoms with Crippen molar-refractivity contribution >= 4 is 23.4 Å². The largest absolute Gasteiger partial charge is 0.495 e. The Balaban J connectivity index is 1.73. The molecule has 1 atom stereocenters. The number of nitrogens with one attached hydrogen (secondary N) is 1. The molecule has 0 spiro atoms. The first-order chi connectivity index (χ1) is 10.7. The normalized spacial score (nSPS) is 16.1. The summed E-state index contributed by atoms with van der Waals surface area (Å²) in [6, 6.07) is 8.47. The van der Waals surface area contributed by atoms with Crippen LogP contribution in [0.3, 0.4) is 0 Å². The number of benzene rings is 1. The molecule has 1 N–H and O–H groups in total. The summed E-state index contributed by atoms with van der Waals surface area (Å²) in [6.07, 6.45) is 1.72. The van der Waals surface area contributed by atoms with E-state index in [2.05, 4.69) is 10.3 Å². The third-order valence-electron chi connectivity index (χ3n) is 3.42. The van der Waals surface area contributed by atoms with E-state index in [1.165, 1.54) is 24.0 Å². The average molecular weight is 317 g/mol. The maximum Gasteiger partial charge on any atom is 0.254 e. The second-order valence-electron chi connectivity index (χ2n) is 4.85. The Labute approximate surface area is 131 Å². The fourth-order valence-electron chi connectivity index (χ4n) is 2.40. The number of hydrogen-bond acceptors (Lipinski definition) is 5. The molecule has 114 valence electrons. The van der Waals surface area contributed by atoms with E-state index in [0.29, 0.717) is 22.3 Å². The number of amides is 1. The van der Waals surface area contributed by atoms with Crippen LogP contribution in [0.15, 0.2) is 46.5 Å². The highest BCUT2D eigenvalue weighted by Crippen LogP contribution is 2.32. The molecule has 1 aromatic heterocycles. The zero-order valence-electron chi connectivity index (χ0n) is 12.0. The number of rotatable bonds is 4. The highest BCUT2D eigenvalue weighted by atomic mass is 32.2. The topological polar surface area (TPSA) is 73.2 Å². The Hall–Kier alpha value is -2.28. The van der Waals surface area contributed by atoms with E-state index < -0.39 is 0 Å². The van der Waals surface area contributed by atoms with Crippen molar-refractivity contribution in [1.29, 1.82) is 0 Å². The first-order valence-electron chi connectivity index (χ1n) is 6.82. The summed E-state index contributed by atoms with van der Waals surface area (Å²) >= 11 is 1.49. The van der Waals surface area contributed by atoms with Gasteiger partial charge in [0.2, 0.25) is 5.91 Å². The number of nitrogens with zero attached hydrogens (tertiary/aromatic N) is 2. The van der Waals surface area contributed by atoms with Gasteiger partial charge in [-0.15, -0.1) is 0 Å². The first-order valence-corrected chi connectivity index (χ1v) is 7.81. The molecule has 0 bridgehead atoms. The van der Waals surface area contributed by atoms with Crippen molar-refractivity contribution in [2.24, 2.45) is 0 Å². The number of para-hydroxylation sites is 2. The van der Waals surface area contributed by atoms with E-state index in [0.717, 1.165) is 0 Å². The number of carbonyl (C=O) groups excluding carboxylic acids is 1. The van der Waals surface area contributed by atoms with Crippen LogP contribution in [0.25, 0.3) is 0 Å². The van der Waals surface area contributed by atoms with Gasteiger partial charge in [0.25, 0.3) is 5.56 Å². The van der Waals surface area contributed by atoms with Crippen LogP contribution in [-0.2, 0) is 4.79 Å². The molecule has 22 heavy (non-hydrogen) atoms. The molecule has 6 nitrogen and oxygen atoms in total. The zero-order chi connectivity index (χ0) is 15.5. The van der Waals surface area contributed by atoms with Gasteiger partial charge in [0, 0.05) is 24.4 Å². The van der Waals surface area contributed by atoms with Crippen LogP contribution < -0.4 is 15.6 Å². The summed E-state index contributed by atoms with van der Waals surface area (Å²) in [5.41, 5.74) is 0.504. The van der Waals surface area contributed by atoms with Gasteiger partial charge in [-0.05, 0) is 12.1 Å². The second-order valence-corrected chi connectivity index (χ2v) is 5.84. The van der Waals surface area contributed by atoms with Gasteiger partial charge in [0.1, 0.15) is 5.75 Å². The molecular formula is C15H15N3O3S. The van der Waals surface area contributed by atoms with Gasteiger partial charge in [0.15, 0.2) is 5.16 Å². The van der Waals surface area contributed by atoms with Gasteiger partial charge in [0.05, 0.1) is 18.8 Å². The fourth-order valence-corrected chi connectivity index (χ4v) is 3.53. The summed E-state index contributed by atoms with van der Waals surface area (Å²) in [4.78, 5) is 28.3. The number of methoxy groups -OCH3 is 1. The Kier molecular flexibility index (Phi) is 4.15. The summed E-state index contributed by atoms with van der Waals surface area (Å²) in [6.45, 7) is 0. The summed E-state index contributed by atoms with van der Waals surface area (Å²) in [5, 5.41) is 3.50. The number of anilines is 1. The maximum absolute atomic E-state index is 12.2. The molecule has 0 radical (unpaired) electrons. The smallest absolute Gasteiger partial charge is 0.254 e. The lowest BCUT2D eigenvalue weighted by Crippen LogP contribution is -2.26. The number of hydrogen-bond donors (Lipinski definition) is 1. The van der Waals surface area contributed by atoms with Gasteiger partial charge >= 0.3 is 0 Å². The van der Waals surface area contributed by atoms with E-state index >= 15 is 0 Å². The maximum atomic E-state index is 12.2. The van der Waals surface area contributed by atoms with Gasteiger partial charge < -0.3 is 10.1 Å². The summed E-state index contributed by atoms with van der Waals surface area (Å²) < 4.78 is 6.80. The van der Waals surface area contributed by atoms with Crippen LogP contribution in [0.1, 0.15) is 12.5 Å². The van der Waals surface area contributed by atoms with E-state index in [4.69, 9.17) is 4.74 Å². The van der Waals surface area contributed by atoms with Crippen molar-refractivity contribution in [1.82, 2.24) is 9.55 Å². The Bertz CT molecular complexity index is 760. The SMILES string of the molecule is COc1ccccc1NC(=O)C[C@@H]1CSc2nccc(=O)n21. The first kappa shape index (κ1) is 14.6. The molecule has 2 heterocycles. The molecular weight excluding hydrogens is 302 g/mol. The van der Waals surface area contributed by atoms with Gasteiger partial charge in [-0.25, -0.2) is 4.98 Å². The van der Waals surface area contributed by atoms with E-state index in [1.807, 2.05) is 12.1 Å². The van der Waals surface area contributed by atoms with Gasteiger partial charge in [-0.3, -0.25) is 14.2 Å². The zero-order valence-corrected chi connectivity index (χ0v) is 12.8. The number of carbonyl (C=O) groups is 1.